The standard InChI is InChI=1S/C14H16N6OS/c1-10(22-14-17-16-13(9-21)19(14)2)12-8-20(18-15-12)11-6-4-3-5-7-11/h3-8,10,21H,9H2,1-2H3. The van der Waals surface area contributed by atoms with Crippen LogP contribution in [0, 0.1) is 0 Å². The minimum Gasteiger partial charge on any atom is -0.388 e. The fourth-order valence-electron chi connectivity index (χ4n) is 1.97. The van der Waals surface area contributed by atoms with Gasteiger partial charge in [0.2, 0.25) is 0 Å². The van der Waals surface area contributed by atoms with Crippen molar-refractivity contribution in [3.05, 3.63) is 48.0 Å². The molecule has 1 aromatic carbocycles. The van der Waals surface area contributed by atoms with Crippen LogP contribution >= 0.6 is 11.8 Å². The van der Waals surface area contributed by atoms with Gasteiger partial charge in [-0.15, -0.1) is 15.3 Å². The normalized spacial score (nSPS) is 12.5. The lowest BCUT2D eigenvalue weighted by Gasteiger charge is -2.07. The zero-order valence-electron chi connectivity index (χ0n) is 12.3. The first-order chi connectivity index (χ1) is 10.7. The second-order valence-electron chi connectivity index (χ2n) is 4.80. The summed E-state index contributed by atoms with van der Waals surface area (Å²) in [5.41, 5.74) is 1.84. The molecule has 0 saturated carbocycles. The van der Waals surface area contributed by atoms with Crippen LogP contribution in [0.1, 0.15) is 23.7 Å². The van der Waals surface area contributed by atoms with Crippen LogP contribution in [0.2, 0.25) is 0 Å². The van der Waals surface area contributed by atoms with E-state index in [2.05, 4.69) is 20.5 Å². The summed E-state index contributed by atoms with van der Waals surface area (Å²) in [6, 6.07) is 9.85. The Kier molecular flexibility index (Phi) is 4.21. The summed E-state index contributed by atoms with van der Waals surface area (Å²) < 4.78 is 3.53. The number of hydrogen-bond donors (Lipinski definition) is 1. The number of benzene rings is 1. The Morgan fingerprint density at radius 3 is 2.64 bits per heavy atom. The van der Waals surface area contributed by atoms with Gasteiger partial charge < -0.3 is 9.67 Å². The van der Waals surface area contributed by atoms with Gasteiger partial charge >= 0.3 is 0 Å². The SMILES string of the molecule is CC(Sc1nnc(CO)n1C)c1cn(-c2ccccc2)nn1. The second kappa shape index (κ2) is 6.29. The molecule has 0 aliphatic heterocycles. The highest BCUT2D eigenvalue weighted by atomic mass is 32.2. The van der Waals surface area contributed by atoms with Crippen molar-refractivity contribution in [1.82, 2.24) is 29.8 Å². The van der Waals surface area contributed by atoms with E-state index in [0.29, 0.717) is 5.82 Å². The third kappa shape index (κ3) is 2.88. The van der Waals surface area contributed by atoms with Crippen molar-refractivity contribution in [2.24, 2.45) is 7.05 Å². The molecule has 1 N–H and O–H groups in total. The van der Waals surface area contributed by atoms with E-state index in [1.54, 1.807) is 9.25 Å². The Morgan fingerprint density at radius 2 is 1.95 bits per heavy atom. The molecule has 0 aliphatic rings. The highest BCUT2D eigenvalue weighted by Crippen LogP contribution is 2.32. The number of nitrogens with zero attached hydrogens (tertiary/aromatic N) is 6. The van der Waals surface area contributed by atoms with Crippen LogP contribution in [-0.2, 0) is 13.7 Å². The maximum absolute atomic E-state index is 9.15. The van der Waals surface area contributed by atoms with E-state index in [1.807, 2.05) is 50.5 Å². The molecule has 114 valence electrons. The topological polar surface area (TPSA) is 81.7 Å². The fraction of sp³-hybridized carbons (Fsp3) is 0.286. The van der Waals surface area contributed by atoms with Crippen LogP contribution in [0.5, 0.6) is 0 Å². The van der Waals surface area contributed by atoms with Gasteiger partial charge in [0.25, 0.3) is 0 Å². The number of hydrogen-bond acceptors (Lipinski definition) is 6. The van der Waals surface area contributed by atoms with Gasteiger partial charge in [0.1, 0.15) is 6.61 Å². The maximum Gasteiger partial charge on any atom is 0.191 e. The van der Waals surface area contributed by atoms with Crippen LogP contribution in [0.15, 0.2) is 41.7 Å². The van der Waals surface area contributed by atoms with Crippen molar-refractivity contribution in [3.63, 3.8) is 0 Å². The predicted octanol–water partition coefficient (Wildman–Crippen LogP) is 1.74. The van der Waals surface area contributed by atoms with E-state index in [-0.39, 0.29) is 11.9 Å². The number of thioether (sulfide) groups is 1. The average Bonchev–Trinajstić information content (AvgIpc) is 3.16. The van der Waals surface area contributed by atoms with Crippen molar-refractivity contribution in [3.8, 4) is 5.69 Å². The van der Waals surface area contributed by atoms with Crippen molar-refractivity contribution in [1.29, 1.82) is 0 Å². The Bertz CT molecular complexity index is 754. The van der Waals surface area contributed by atoms with Crippen molar-refractivity contribution in [2.75, 3.05) is 0 Å². The van der Waals surface area contributed by atoms with Crippen LogP contribution in [0.4, 0.5) is 0 Å². The molecule has 7 nitrogen and oxygen atoms in total. The molecule has 0 saturated heterocycles. The zero-order chi connectivity index (χ0) is 15.5. The molecule has 2 heterocycles. The molecule has 2 aromatic heterocycles. The summed E-state index contributed by atoms with van der Waals surface area (Å²) in [6.45, 7) is 1.92. The second-order valence-corrected chi connectivity index (χ2v) is 6.11. The molecule has 0 fully saturated rings. The maximum atomic E-state index is 9.15. The monoisotopic (exact) mass is 316 g/mol. The van der Waals surface area contributed by atoms with E-state index in [0.717, 1.165) is 16.5 Å². The molecule has 0 bridgehead atoms. The Morgan fingerprint density at radius 1 is 1.18 bits per heavy atom. The van der Waals surface area contributed by atoms with Gasteiger partial charge in [0, 0.05) is 7.05 Å². The molecule has 0 spiro atoms. The van der Waals surface area contributed by atoms with Gasteiger partial charge in [-0.05, 0) is 19.1 Å². The molecular weight excluding hydrogens is 300 g/mol. The fourth-order valence-corrected chi connectivity index (χ4v) is 2.87. The van der Waals surface area contributed by atoms with Crippen LogP contribution in [0.25, 0.3) is 5.69 Å². The van der Waals surface area contributed by atoms with Crippen molar-refractivity contribution < 1.29 is 5.11 Å². The van der Waals surface area contributed by atoms with Gasteiger partial charge in [-0.2, -0.15) is 0 Å². The van der Waals surface area contributed by atoms with Crippen molar-refractivity contribution >= 4 is 11.8 Å². The lowest BCUT2D eigenvalue weighted by Crippen LogP contribution is -1.99. The number of rotatable bonds is 5. The first-order valence-corrected chi connectivity index (χ1v) is 7.70. The van der Waals surface area contributed by atoms with E-state index in [4.69, 9.17) is 5.11 Å². The van der Waals surface area contributed by atoms with E-state index < -0.39 is 0 Å². The Labute approximate surface area is 132 Å². The van der Waals surface area contributed by atoms with Gasteiger partial charge in [0.15, 0.2) is 11.0 Å². The first kappa shape index (κ1) is 14.7. The quantitative estimate of drug-likeness (QED) is 0.722. The summed E-state index contributed by atoms with van der Waals surface area (Å²) in [5, 5.41) is 26.4. The molecule has 1 atom stereocenters. The molecule has 22 heavy (non-hydrogen) atoms. The minimum absolute atomic E-state index is 0.0758. The van der Waals surface area contributed by atoms with E-state index >= 15 is 0 Å². The van der Waals surface area contributed by atoms with E-state index in [9.17, 15) is 0 Å². The highest BCUT2D eigenvalue weighted by molar-refractivity contribution is 7.99. The largest absolute Gasteiger partial charge is 0.388 e. The smallest absolute Gasteiger partial charge is 0.191 e. The van der Waals surface area contributed by atoms with Gasteiger partial charge in [0.05, 0.1) is 22.8 Å². The van der Waals surface area contributed by atoms with Gasteiger partial charge in [-0.1, -0.05) is 35.2 Å². The molecule has 3 aromatic rings. The third-order valence-electron chi connectivity index (χ3n) is 3.30. The summed E-state index contributed by atoms with van der Waals surface area (Å²) in [6.07, 6.45) is 1.91. The molecule has 0 amide bonds. The van der Waals surface area contributed by atoms with Crippen LogP contribution in [0.3, 0.4) is 0 Å². The molecular formula is C14H16N6OS. The molecule has 3 rings (SSSR count). The predicted molar refractivity (Wildman–Crippen MR) is 82.6 cm³/mol. The summed E-state index contributed by atoms with van der Waals surface area (Å²) >= 11 is 1.53. The van der Waals surface area contributed by atoms with Gasteiger partial charge in [-0.3, -0.25) is 0 Å². The Balaban J connectivity index is 1.77. The summed E-state index contributed by atoms with van der Waals surface area (Å²) in [5.74, 6) is 0.544. The first-order valence-electron chi connectivity index (χ1n) is 6.82. The average molecular weight is 316 g/mol. The minimum atomic E-state index is -0.122. The highest BCUT2D eigenvalue weighted by Gasteiger charge is 2.17. The third-order valence-corrected chi connectivity index (χ3v) is 4.46. The molecule has 1 unspecified atom stereocenters. The molecule has 8 heteroatoms. The number of aliphatic hydroxyl groups excluding tert-OH is 1. The zero-order valence-corrected chi connectivity index (χ0v) is 13.1. The molecule has 0 radical (unpaired) electrons. The van der Waals surface area contributed by atoms with Crippen LogP contribution in [-0.4, -0.2) is 34.9 Å². The number of para-hydroxylation sites is 1. The van der Waals surface area contributed by atoms with E-state index in [1.165, 1.54) is 11.8 Å². The number of aliphatic hydroxyl groups is 1. The van der Waals surface area contributed by atoms with Crippen molar-refractivity contribution in [2.45, 2.75) is 23.9 Å². The molecule has 0 aliphatic carbocycles. The summed E-state index contributed by atoms with van der Waals surface area (Å²) in [4.78, 5) is 0. The summed E-state index contributed by atoms with van der Waals surface area (Å²) in [7, 11) is 1.83. The van der Waals surface area contributed by atoms with Crippen LogP contribution < -0.4 is 0 Å². The van der Waals surface area contributed by atoms with Gasteiger partial charge in [-0.25, -0.2) is 4.68 Å². The number of aromatic nitrogens is 6. The Hall–Kier alpha value is -2.19. The lowest BCUT2D eigenvalue weighted by molar-refractivity contribution is 0.266. The lowest BCUT2D eigenvalue weighted by atomic mass is 10.3.